The number of ether oxygens (including phenoxy) is 1. The van der Waals surface area contributed by atoms with Crippen molar-refractivity contribution in [2.75, 3.05) is 19.7 Å². The van der Waals surface area contributed by atoms with E-state index in [4.69, 9.17) is 4.74 Å². The van der Waals surface area contributed by atoms with Gasteiger partial charge in [-0.1, -0.05) is 29.5 Å². The van der Waals surface area contributed by atoms with E-state index in [1.165, 1.54) is 39.2 Å². The van der Waals surface area contributed by atoms with E-state index in [2.05, 4.69) is 4.99 Å². The van der Waals surface area contributed by atoms with Crippen molar-refractivity contribution in [3.05, 3.63) is 63.4 Å². The van der Waals surface area contributed by atoms with Crippen molar-refractivity contribution in [1.29, 1.82) is 0 Å². The molecule has 190 valence electrons. The summed E-state index contributed by atoms with van der Waals surface area (Å²) in [7, 11) is -3.75. The van der Waals surface area contributed by atoms with Gasteiger partial charge in [-0.3, -0.25) is 19.7 Å². The molecule has 2 aromatic carbocycles. The van der Waals surface area contributed by atoms with Crippen LogP contribution in [0.25, 0.3) is 10.2 Å². The van der Waals surface area contributed by atoms with E-state index in [1.54, 1.807) is 25.1 Å². The van der Waals surface area contributed by atoms with Crippen LogP contribution < -0.4 is 4.80 Å². The van der Waals surface area contributed by atoms with Gasteiger partial charge in [-0.25, -0.2) is 8.42 Å². The number of fused-ring (bicyclic) bond motifs is 1. The molecule has 1 aliphatic heterocycles. The predicted molar refractivity (Wildman–Crippen MR) is 132 cm³/mol. The molecule has 36 heavy (non-hydrogen) atoms. The van der Waals surface area contributed by atoms with E-state index in [1.807, 2.05) is 0 Å². The maximum absolute atomic E-state index is 13.2. The molecule has 1 aromatic heterocycles. The average molecular weight is 533 g/mol. The molecule has 1 atom stereocenters. The zero-order valence-corrected chi connectivity index (χ0v) is 21.0. The Morgan fingerprint density at radius 2 is 1.97 bits per heavy atom. The summed E-state index contributed by atoms with van der Waals surface area (Å²) in [5, 5.41) is 11.2. The molecule has 0 spiro atoms. The number of carbonyl (C=O) groups excluding carboxylic acids is 2. The molecule has 3 aromatic rings. The number of rotatable bonds is 7. The molecule has 0 aliphatic carbocycles. The Labute approximate surface area is 210 Å². The first-order valence-electron chi connectivity index (χ1n) is 11.3. The number of non-ortho nitro benzene ring substituents is 1. The van der Waals surface area contributed by atoms with Crippen LogP contribution in [-0.2, 0) is 30.9 Å². The van der Waals surface area contributed by atoms with Crippen LogP contribution in [0.15, 0.2) is 58.4 Å². The Kier molecular flexibility index (Phi) is 7.62. The smallest absolute Gasteiger partial charge is 0.326 e. The number of hydrogen-bond acceptors (Lipinski definition) is 8. The molecule has 1 unspecified atom stereocenters. The van der Waals surface area contributed by atoms with Crippen LogP contribution in [0.5, 0.6) is 0 Å². The quantitative estimate of drug-likeness (QED) is 0.259. The Balaban J connectivity index is 1.67. The first kappa shape index (κ1) is 25.7. The Morgan fingerprint density at radius 1 is 1.22 bits per heavy atom. The number of nitro benzene ring substituents is 1. The number of piperidine rings is 1. The molecule has 0 N–H and O–H groups in total. The van der Waals surface area contributed by atoms with E-state index in [9.17, 15) is 28.1 Å². The molecule has 0 saturated carbocycles. The van der Waals surface area contributed by atoms with Crippen LogP contribution in [0.3, 0.4) is 0 Å². The minimum atomic E-state index is -3.75. The van der Waals surface area contributed by atoms with Crippen LogP contribution in [0.2, 0.25) is 0 Å². The summed E-state index contributed by atoms with van der Waals surface area (Å²) in [6.07, 6.45) is 0.969. The number of nitro groups is 1. The summed E-state index contributed by atoms with van der Waals surface area (Å²) in [6, 6.07) is 12.2. The van der Waals surface area contributed by atoms with Gasteiger partial charge in [0.1, 0.15) is 6.54 Å². The van der Waals surface area contributed by atoms with Crippen LogP contribution in [0, 0.1) is 16.0 Å². The van der Waals surface area contributed by atoms with Gasteiger partial charge in [-0.05, 0) is 38.0 Å². The molecule has 1 aliphatic rings. The third-order valence-electron chi connectivity index (χ3n) is 5.79. The number of hydrogen-bond donors (Lipinski definition) is 0. The van der Waals surface area contributed by atoms with Crippen molar-refractivity contribution in [2.24, 2.45) is 10.9 Å². The number of nitrogens with zero attached hydrogens (tertiary/aromatic N) is 4. The molecule has 1 saturated heterocycles. The normalized spacial score (nSPS) is 17.2. The van der Waals surface area contributed by atoms with Crippen molar-refractivity contribution in [2.45, 2.75) is 31.2 Å². The largest absolute Gasteiger partial charge is 0.465 e. The van der Waals surface area contributed by atoms with Gasteiger partial charge in [0.25, 0.3) is 11.6 Å². The SMILES string of the molecule is CCOC(=O)Cn1c(=NC(=O)C2CCCN(S(=O)(=O)c3ccccc3)C2)sc2cc([N+](=O)[O-])ccc21. The van der Waals surface area contributed by atoms with Crippen LogP contribution in [0.1, 0.15) is 19.8 Å². The summed E-state index contributed by atoms with van der Waals surface area (Å²) in [5.41, 5.74) is 0.376. The number of thiazole rings is 1. The van der Waals surface area contributed by atoms with Crippen molar-refractivity contribution < 1.29 is 27.7 Å². The molecular formula is C23H24N4O7S2. The highest BCUT2D eigenvalue weighted by molar-refractivity contribution is 7.89. The Hall–Kier alpha value is -3.42. The van der Waals surface area contributed by atoms with Gasteiger partial charge in [-0.15, -0.1) is 0 Å². The summed E-state index contributed by atoms with van der Waals surface area (Å²) < 4.78 is 34.4. The van der Waals surface area contributed by atoms with Gasteiger partial charge in [0, 0.05) is 25.2 Å². The second kappa shape index (κ2) is 10.7. The second-order valence-corrected chi connectivity index (χ2v) is 11.1. The number of sulfonamides is 1. The van der Waals surface area contributed by atoms with Gasteiger partial charge in [0.05, 0.1) is 32.6 Å². The van der Waals surface area contributed by atoms with Gasteiger partial charge in [-0.2, -0.15) is 9.30 Å². The van der Waals surface area contributed by atoms with E-state index in [-0.39, 0.29) is 35.1 Å². The number of aromatic nitrogens is 1. The molecule has 4 rings (SSSR count). The van der Waals surface area contributed by atoms with E-state index in [0.29, 0.717) is 29.6 Å². The molecule has 2 heterocycles. The zero-order chi connectivity index (χ0) is 25.9. The summed E-state index contributed by atoms with van der Waals surface area (Å²) in [5.74, 6) is -1.71. The first-order valence-corrected chi connectivity index (χ1v) is 13.5. The van der Waals surface area contributed by atoms with Crippen molar-refractivity contribution in [3.8, 4) is 0 Å². The topological polar surface area (TPSA) is 141 Å². The van der Waals surface area contributed by atoms with Crippen LogP contribution in [0.4, 0.5) is 5.69 Å². The third kappa shape index (κ3) is 5.37. The average Bonchev–Trinajstić information content (AvgIpc) is 3.20. The molecule has 0 bridgehead atoms. The maximum atomic E-state index is 13.2. The molecule has 1 fully saturated rings. The first-order chi connectivity index (χ1) is 17.2. The van der Waals surface area contributed by atoms with Gasteiger partial charge in [0.15, 0.2) is 4.80 Å². The van der Waals surface area contributed by atoms with Crippen molar-refractivity contribution in [3.63, 3.8) is 0 Å². The number of carbonyl (C=O) groups is 2. The number of esters is 1. The lowest BCUT2D eigenvalue weighted by Crippen LogP contribution is -2.42. The summed E-state index contributed by atoms with van der Waals surface area (Å²) in [4.78, 5) is 40.6. The number of benzene rings is 2. The summed E-state index contributed by atoms with van der Waals surface area (Å²) >= 11 is 1.04. The Morgan fingerprint density at radius 3 is 2.67 bits per heavy atom. The highest BCUT2D eigenvalue weighted by atomic mass is 32.2. The molecule has 0 radical (unpaired) electrons. The standard InChI is InChI=1S/C23H24N4O7S2/c1-2-34-21(28)15-26-19-11-10-17(27(30)31)13-20(19)35-23(26)24-22(29)16-7-6-12-25(14-16)36(32,33)18-8-4-3-5-9-18/h3-5,8-11,13,16H,2,6-7,12,14-15H2,1H3. The van der Waals surface area contributed by atoms with Gasteiger partial charge >= 0.3 is 5.97 Å². The molecule has 13 heteroatoms. The monoisotopic (exact) mass is 532 g/mol. The van der Waals surface area contributed by atoms with E-state index >= 15 is 0 Å². The maximum Gasteiger partial charge on any atom is 0.326 e. The second-order valence-electron chi connectivity index (χ2n) is 8.15. The van der Waals surface area contributed by atoms with E-state index < -0.39 is 32.7 Å². The minimum Gasteiger partial charge on any atom is -0.465 e. The van der Waals surface area contributed by atoms with Crippen LogP contribution >= 0.6 is 11.3 Å². The fourth-order valence-corrected chi connectivity index (χ4v) is 6.65. The zero-order valence-electron chi connectivity index (χ0n) is 19.4. The van der Waals surface area contributed by atoms with Crippen molar-refractivity contribution >= 4 is 49.1 Å². The number of amides is 1. The third-order valence-corrected chi connectivity index (χ3v) is 8.71. The molecule has 1 amide bonds. The Bertz CT molecular complexity index is 1480. The van der Waals surface area contributed by atoms with Crippen LogP contribution in [-0.4, -0.2) is 53.8 Å². The fraction of sp³-hybridized carbons (Fsp3) is 0.348. The highest BCUT2D eigenvalue weighted by Gasteiger charge is 2.33. The lowest BCUT2D eigenvalue weighted by Gasteiger charge is -2.30. The lowest BCUT2D eigenvalue weighted by molar-refractivity contribution is -0.384. The van der Waals surface area contributed by atoms with E-state index in [0.717, 1.165) is 11.3 Å². The molecular weight excluding hydrogens is 508 g/mol. The molecule has 11 nitrogen and oxygen atoms in total. The van der Waals surface area contributed by atoms with Gasteiger partial charge in [0.2, 0.25) is 10.0 Å². The predicted octanol–water partition coefficient (Wildman–Crippen LogP) is 2.70. The summed E-state index contributed by atoms with van der Waals surface area (Å²) in [6.45, 7) is 1.91. The lowest BCUT2D eigenvalue weighted by atomic mass is 9.99. The minimum absolute atomic E-state index is 0.00615. The fourth-order valence-electron chi connectivity index (χ4n) is 4.04. The van der Waals surface area contributed by atoms with Crippen molar-refractivity contribution in [1.82, 2.24) is 8.87 Å². The highest BCUT2D eigenvalue weighted by Crippen LogP contribution is 2.26. The van der Waals surface area contributed by atoms with Gasteiger partial charge < -0.3 is 9.30 Å².